The summed E-state index contributed by atoms with van der Waals surface area (Å²) >= 11 is 0. The van der Waals surface area contributed by atoms with E-state index in [1.807, 2.05) is 23.3 Å². The maximum absolute atomic E-state index is 8.70. The molecule has 0 amide bonds. The summed E-state index contributed by atoms with van der Waals surface area (Å²) < 4.78 is 5.51. The first-order valence-electron chi connectivity index (χ1n) is 6.53. The standard InChI is InChI=1S/C14H21NO3/c16-10-11-17-14-6-8-15(9-7-14)18-12-13-4-2-1-3-5-13/h1-5,14,16H,6-12H2. The third kappa shape index (κ3) is 4.38. The Kier molecular flexibility index (Phi) is 5.61. The minimum absolute atomic E-state index is 0.102. The summed E-state index contributed by atoms with van der Waals surface area (Å²) in [6, 6.07) is 10.2. The van der Waals surface area contributed by atoms with Gasteiger partial charge in [-0.3, -0.25) is 4.84 Å². The molecular formula is C14H21NO3. The first-order chi connectivity index (χ1) is 8.88. The van der Waals surface area contributed by atoms with Crippen molar-refractivity contribution in [3.63, 3.8) is 0 Å². The molecule has 0 unspecified atom stereocenters. The average Bonchev–Trinajstić information content (AvgIpc) is 2.45. The van der Waals surface area contributed by atoms with E-state index in [1.165, 1.54) is 5.56 Å². The second kappa shape index (κ2) is 7.48. The Morgan fingerprint density at radius 3 is 2.56 bits per heavy atom. The van der Waals surface area contributed by atoms with Crippen LogP contribution in [0.2, 0.25) is 0 Å². The number of ether oxygens (including phenoxy) is 1. The van der Waals surface area contributed by atoms with Crippen molar-refractivity contribution >= 4 is 0 Å². The molecule has 1 fully saturated rings. The van der Waals surface area contributed by atoms with E-state index in [0.29, 0.717) is 13.2 Å². The fourth-order valence-electron chi connectivity index (χ4n) is 2.09. The molecule has 0 saturated carbocycles. The molecule has 0 bridgehead atoms. The summed E-state index contributed by atoms with van der Waals surface area (Å²) in [6.45, 7) is 2.95. The van der Waals surface area contributed by atoms with Crippen molar-refractivity contribution in [2.75, 3.05) is 26.3 Å². The highest BCUT2D eigenvalue weighted by Crippen LogP contribution is 2.14. The second-order valence-electron chi connectivity index (χ2n) is 4.48. The van der Waals surface area contributed by atoms with Crippen LogP contribution in [0.1, 0.15) is 18.4 Å². The molecule has 18 heavy (non-hydrogen) atoms. The quantitative estimate of drug-likeness (QED) is 0.833. The van der Waals surface area contributed by atoms with E-state index in [4.69, 9.17) is 14.7 Å². The summed E-state index contributed by atoms with van der Waals surface area (Å²) in [7, 11) is 0. The maximum Gasteiger partial charge on any atom is 0.0935 e. The minimum Gasteiger partial charge on any atom is -0.394 e. The van der Waals surface area contributed by atoms with E-state index in [-0.39, 0.29) is 12.7 Å². The molecule has 1 aromatic carbocycles. The van der Waals surface area contributed by atoms with Crippen LogP contribution in [0.5, 0.6) is 0 Å². The zero-order chi connectivity index (χ0) is 12.6. The fraction of sp³-hybridized carbons (Fsp3) is 0.571. The maximum atomic E-state index is 8.70. The van der Waals surface area contributed by atoms with Gasteiger partial charge in [-0.25, -0.2) is 0 Å². The second-order valence-corrected chi connectivity index (χ2v) is 4.48. The van der Waals surface area contributed by atoms with Crippen LogP contribution in [0.25, 0.3) is 0 Å². The van der Waals surface area contributed by atoms with Gasteiger partial charge in [0.05, 0.1) is 25.9 Å². The molecule has 0 aromatic heterocycles. The summed E-state index contributed by atoms with van der Waals surface area (Å²) in [5.74, 6) is 0. The lowest BCUT2D eigenvalue weighted by Crippen LogP contribution is -2.37. The first-order valence-corrected chi connectivity index (χ1v) is 6.53. The van der Waals surface area contributed by atoms with Gasteiger partial charge >= 0.3 is 0 Å². The first kappa shape index (κ1) is 13.5. The van der Waals surface area contributed by atoms with E-state index < -0.39 is 0 Å². The highest BCUT2D eigenvalue weighted by Gasteiger charge is 2.19. The minimum atomic E-state index is 0.102. The lowest BCUT2D eigenvalue weighted by molar-refractivity contribution is -0.192. The number of hydrogen-bond acceptors (Lipinski definition) is 4. The van der Waals surface area contributed by atoms with Crippen LogP contribution in [-0.2, 0) is 16.2 Å². The molecule has 0 spiro atoms. The van der Waals surface area contributed by atoms with Gasteiger partial charge in [-0.15, -0.1) is 0 Å². The van der Waals surface area contributed by atoms with Crippen molar-refractivity contribution in [1.29, 1.82) is 0 Å². The van der Waals surface area contributed by atoms with Gasteiger partial charge in [0.2, 0.25) is 0 Å². The lowest BCUT2D eigenvalue weighted by Gasteiger charge is -2.30. The van der Waals surface area contributed by atoms with E-state index in [1.54, 1.807) is 0 Å². The Bertz CT molecular complexity index is 323. The van der Waals surface area contributed by atoms with Gasteiger partial charge in [0.1, 0.15) is 0 Å². The number of hydrogen-bond donors (Lipinski definition) is 1. The van der Waals surface area contributed by atoms with Crippen molar-refractivity contribution in [2.24, 2.45) is 0 Å². The Hall–Kier alpha value is -0.940. The average molecular weight is 251 g/mol. The number of piperidine rings is 1. The topological polar surface area (TPSA) is 41.9 Å². The largest absolute Gasteiger partial charge is 0.394 e. The molecule has 0 radical (unpaired) electrons. The molecule has 4 nitrogen and oxygen atoms in total. The number of aliphatic hydroxyl groups is 1. The monoisotopic (exact) mass is 251 g/mol. The summed E-state index contributed by atoms with van der Waals surface area (Å²) in [4.78, 5) is 5.75. The van der Waals surface area contributed by atoms with Crippen molar-refractivity contribution in [2.45, 2.75) is 25.6 Å². The number of hydroxylamine groups is 2. The van der Waals surface area contributed by atoms with Gasteiger partial charge in [-0.1, -0.05) is 30.3 Å². The van der Waals surface area contributed by atoms with Crippen molar-refractivity contribution < 1.29 is 14.7 Å². The number of nitrogens with zero attached hydrogens (tertiary/aromatic N) is 1. The number of rotatable bonds is 6. The molecular weight excluding hydrogens is 230 g/mol. The Morgan fingerprint density at radius 1 is 1.17 bits per heavy atom. The predicted molar refractivity (Wildman–Crippen MR) is 68.9 cm³/mol. The summed E-state index contributed by atoms with van der Waals surface area (Å²) in [5, 5.41) is 10.7. The van der Waals surface area contributed by atoms with E-state index in [9.17, 15) is 0 Å². The molecule has 4 heteroatoms. The van der Waals surface area contributed by atoms with Crippen LogP contribution >= 0.6 is 0 Å². The van der Waals surface area contributed by atoms with Gasteiger partial charge in [-0.2, -0.15) is 5.06 Å². The third-order valence-electron chi connectivity index (χ3n) is 3.10. The highest BCUT2D eigenvalue weighted by molar-refractivity contribution is 5.13. The van der Waals surface area contributed by atoms with Crippen LogP contribution < -0.4 is 0 Å². The number of aliphatic hydroxyl groups excluding tert-OH is 1. The highest BCUT2D eigenvalue weighted by atomic mass is 16.7. The molecule has 100 valence electrons. The predicted octanol–water partition coefficient (Wildman–Crippen LogP) is 1.59. The van der Waals surface area contributed by atoms with Crippen molar-refractivity contribution in [3.05, 3.63) is 35.9 Å². The van der Waals surface area contributed by atoms with Gasteiger partial charge in [0.15, 0.2) is 0 Å². The van der Waals surface area contributed by atoms with Gasteiger partial charge in [0.25, 0.3) is 0 Å². The summed E-state index contributed by atoms with van der Waals surface area (Å²) in [5.41, 5.74) is 1.19. The van der Waals surface area contributed by atoms with Crippen LogP contribution in [-0.4, -0.2) is 42.6 Å². The zero-order valence-electron chi connectivity index (χ0n) is 10.6. The molecule has 0 atom stereocenters. The normalized spacial score (nSPS) is 18.1. The van der Waals surface area contributed by atoms with Crippen molar-refractivity contribution in [1.82, 2.24) is 5.06 Å². The SMILES string of the molecule is OCCOC1CCN(OCc2ccccc2)CC1. The molecule has 1 saturated heterocycles. The Labute approximate surface area is 108 Å². The molecule has 2 rings (SSSR count). The van der Waals surface area contributed by atoms with Crippen LogP contribution in [0.15, 0.2) is 30.3 Å². The number of benzene rings is 1. The molecule has 1 heterocycles. The Balaban J connectivity index is 1.65. The molecule has 1 N–H and O–H groups in total. The van der Waals surface area contributed by atoms with E-state index >= 15 is 0 Å². The van der Waals surface area contributed by atoms with Gasteiger partial charge < -0.3 is 9.84 Å². The zero-order valence-corrected chi connectivity index (χ0v) is 10.6. The smallest absolute Gasteiger partial charge is 0.0935 e. The van der Waals surface area contributed by atoms with Gasteiger partial charge in [-0.05, 0) is 18.4 Å². The van der Waals surface area contributed by atoms with Crippen LogP contribution in [0.4, 0.5) is 0 Å². The third-order valence-corrected chi connectivity index (χ3v) is 3.10. The lowest BCUT2D eigenvalue weighted by atomic mass is 10.1. The molecule has 1 aromatic rings. The van der Waals surface area contributed by atoms with Crippen LogP contribution in [0, 0.1) is 0 Å². The fourth-order valence-corrected chi connectivity index (χ4v) is 2.09. The molecule has 1 aliphatic rings. The Morgan fingerprint density at radius 2 is 1.89 bits per heavy atom. The van der Waals surface area contributed by atoms with E-state index in [2.05, 4.69) is 12.1 Å². The van der Waals surface area contributed by atoms with Gasteiger partial charge in [0, 0.05) is 13.1 Å². The molecule has 0 aliphatic carbocycles. The van der Waals surface area contributed by atoms with E-state index in [0.717, 1.165) is 25.9 Å². The van der Waals surface area contributed by atoms with Crippen molar-refractivity contribution in [3.8, 4) is 0 Å². The molecule has 1 aliphatic heterocycles. The summed E-state index contributed by atoms with van der Waals surface area (Å²) in [6.07, 6.45) is 2.21. The van der Waals surface area contributed by atoms with Crippen LogP contribution in [0.3, 0.4) is 0 Å².